The fourth-order valence-corrected chi connectivity index (χ4v) is 3.11. The van der Waals surface area contributed by atoms with E-state index in [1.54, 1.807) is 22.8 Å². The van der Waals surface area contributed by atoms with Gasteiger partial charge in [-0.15, -0.1) is 11.3 Å². The summed E-state index contributed by atoms with van der Waals surface area (Å²) >= 11 is 1.37. The van der Waals surface area contributed by atoms with E-state index in [0.29, 0.717) is 44.1 Å². The van der Waals surface area contributed by atoms with Gasteiger partial charge in [0.2, 0.25) is 5.91 Å². The van der Waals surface area contributed by atoms with Gasteiger partial charge in [0.15, 0.2) is 5.78 Å². The molecule has 0 bridgehead atoms. The molecule has 1 aromatic heterocycles. The summed E-state index contributed by atoms with van der Waals surface area (Å²) in [5.41, 5.74) is 0.869. The highest BCUT2D eigenvalue weighted by Crippen LogP contribution is 2.17. The maximum Gasteiger partial charge on any atom is 0.409 e. The molecule has 1 aliphatic rings. The quantitative estimate of drug-likeness (QED) is 0.792. The van der Waals surface area contributed by atoms with E-state index >= 15 is 0 Å². The number of thiophene rings is 1. The van der Waals surface area contributed by atoms with Gasteiger partial charge >= 0.3 is 6.09 Å². The molecule has 1 aromatic rings. The fourth-order valence-electron chi connectivity index (χ4n) is 2.29. The molecule has 0 saturated carbocycles. The Morgan fingerprint density at radius 3 is 2.36 bits per heavy atom. The second kappa shape index (κ2) is 7.40. The van der Waals surface area contributed by atoms with Crippen LogP contribution in [-0.4, -0.2) is 60.4 Å². The lowest BCUT2D eigenvalue weighted by Crippen LogP contribution is -2.51. The molecule has 2 heterocycles. The van der Waals surface area contributed by atoms with Gasteiger partial charge in [-0.2, -0.15) is 0 Å². The topological polar surface area (TPSA) is 66.9 Å². The first-order valence-electron chi connectivity index (χ1n) is 7.29. The molecule has 0 aliphatic carbocycles. The summed E-state index contributed by atoms with van der Waals surface area (Å²) < 4.78 is 4.95. The highest BCUT2D eigenvalue weighted by atomic mass is 32.1. The van der Waals surface area contributed by atoms with Crippen molar-refractivity contribution >= 4 is 29.1 Å². The molecule has 0 atom stereocenters. The largest absolute Gasteiger partial charge is 0.450 e. The van der Waals surface area contributed by atoms with Crippen LogP contribution in [0.3, 0.4) is 0 Å². The van der Waals surface area contributed by atoms with Crippen LogP contribution >= 0.6 is 11.3 Å². The zero-order valence-corrected chi connectivity index (χ0v) is 13.6. The van der Waals surface area contributed by atoms with Crippen molar-refractivity contribution in [1.82, 2.24) is 9.80 Å². The van der Waals surface area contributed by atoms with Gasteiger partial charge in [-0.3, -0.25) is 9.59 Å². The van der Waals surface area contributed by atoms with Crippen molar-refractivity contribution in [2.45, 2.75) is 20.3 Å². The van der Waals surface area contributed by atoms with Crippen molar-refractivity contribution in [2.24, 2.45) is 0 Å². The van der Waals surface area contributed by atoms with E-state index in [2.05, 4.69) is 0 Å². The Hall–Kier alpha value is -1.89. The molecule has 0 N–H and O–H groups in total. The number of ketones is 1. The van der Waals surface area contributed by atoms with Crippen LogP contribution in [0.25, 0.3) is 0 Å². The summed E-state index contributed by atoms with van der Waals surface area (Å²) in [6.07, 6.45) is -0.0260. The van der Waals surface area contributed by atoms with E-state index in [4.69, 9.17) is 4.74 Å². The maximum atomic E-state index is 12.3. The Bertz CT molecular complexity index is 562. The molecule has 0 radical (unpaired) electrons. The van der Waals surface area contributed by atoms with Gasteiger partial charge in [-0.05, 0) is 30.9 Å². The van der Waals surface area contributed by atoms with E-state index < -0.39 is 0 Å². The molecule has 0 unspecified atom stereocenters. The maximum absolute atomic E-state index is 12.3. The molecule has 1 fully saturated rings. The first-order valence-corrected chi connectivity index (χ1v) is 8.17. The fraction of sp³-hybridized carbons (Fsp3) is 0.533. The summed E-state index contributed by atoms with van der Waals surface area (Å²) in [5.74, 6) is 0.0446. The molecular formula is C15H20N2O4S. The van der Waals surface area contributed by atoms with Crippen molar-refractivity contribution in [3.05, 3.63) is 21.9 Å². The Balaban J connectivity index is 1.84. The molecule has 7 heteroatoms. The third kappa shape index (κ3) is 4.07. The number of carbonyl (C=O) groups is 3. The average molecular weight is 324 g/mol. The van der Waals surface area contributed by atoms with Crippen LogP contribution in [0.15, 0.2) is 11.4 Å². The minimum atomic E-state index is -0.321. The van der Waals surface area contributed by atoms with Gasteiger partial charge in [0, 0.05) is 26.2 Å². The Morgan fingerprint density at radius 2 is 1.82 bits per heavy atom. The molecule has 6 nitrogen and oxygen atoms in total. The van der Waals surface area contributed by atoms with Gasteiger partial charge < -0.3 is 14.5 Å². The first-order chi connectivity index (χ1) is 10.5. The van der Waals surface area contributed by atoms with Crippen LogP contribution in [0.1, 0.15) is 29.1 Å². The number of carbonyl (C=O) groups excluding carboxylic acids is 3. The van der Waals surface area contributed by atoms with Crippen LogP contribution in [0, 0.1) is 0 Å². The number of rotatable bonds is 4. The number of ether oxygens (including phenoxy) is 1. The first kappa shape index (κ1) is 16.5. The highest BCUT2D eigenvalue weighted by molar-refractivity contribution is 7.12. The number of Topliss-reactive ketones (excluding diaryl/α,β-unsaturated/α-hetero) is 1. The second-order valence-electron chi connectivity index (χ2n) is 5.12. The van der Waals surface area contributed by atoms with E-state index in [1.807, 2.05) is 5.38 Å². The predicted molar refractivity (Wildman–Crippen MR) is 83.2 cm³/mol. The number of hydrogen-bond donors (Lipinski definition) is 0. The smallest absolute Gasteiger partial charge is 0.409 e. The molecule has 2 rings (SSSR count). The summed E-state index contributed by atoms with van der Waals surface area (Å²) in [7, 11) is 0. The normalized spacial score (nSPS) is 14.8. The van der Waals surface area contributed by atoms with Crippen LogP contribution in [-0.2, 0) is 16.0 Å². The van der Waals surface area contributed by atoms with Crippen LogP contribution in [0.2, 0.25) is 0 Å². The van der Waals surface area contributed by atoms with Crippen molar-refractivity contribution in [3.63, 3.8) is 0 Å². The molecule has 120 valence electrons. The summed E-state index contributed by atoms with van der Waals surface area (Å²) in [5, 5.41) is 1.85. The van der Waals surface area contributed by atoms with E-state index in [-0.39, 0.29) is 17.8 Å². The molecule has 0 aromatic carbocycles. The Labute approximate surface area is 133 Å². The predicted octanol–water partition coefficient (Wildman–Crippen LogP) is 1.79. The third-order valence-electron chi connectivity index (χ3n) is 3.51. The molecule has 0 spiro atoms. The SMILES string of the molecule is CCOC(=O)N1CCN(C(=O)Cc2csc(C(C)=O)c2)CC1. The lowest BCUT2D eigenvalue weighted by molar-refractivity contribution is -0.132. The lowest BCUT2D eigenvalue weighted by Gasteiger charge is -2.34. The lowest BCUT2D eigenvalue weighted by atomic mass is 10.2. The summed E-state index contributed by atoms with van der Waals surface area (Å²) in [4.78, 5) is 39.2. The summed E-state index contributed by atoms with van der Waals surface area (Å²) in [6, 6.07) is 1.78. The summed E-state index contributed by atoms with van der Waals surface area (Å²) in [6.45, 7) is 5.66. The highest BCUT2D eigenvalue weighted by Gasteiger charge is 2.24. The van der Waals surface area contributed by atoms with Crippen molar-refractivity contribution in [3.8, 4) is 0 Å². The molecule has 1 aliphatic heterocycles. The number of amides is 2. The molecule has 1 saturated heterocycles. The molecule has 22 heavy (non-hydrogen) atoms. The standard InChI is InChI=1S/C15H20N2O4S/c1-3-21-15(20)17-6-4-16(5-7-17)14(19)9-12-8-13(11(2)18)22-10-12/h8,10H,3-7,9H2,1-2H3. The van der Waals surface area contributed by atoms with Crippen LogP contribution in [0.4, 0.5) is 4.79 Å². The van der Waals surface area contributed by atoms with Crippen LogP contribution in [0.5, 0.6) is 0 Å². The van der Waals surface area contributed by atoms with Crippen molar-refractivity contribution in [2.75, 3.05) is 32.8 Å². The Morgan fingerprint density at radius 1 is 1.18 bits per heavy atom. The number of hydrogen-bond acceptors (Lipinski definition) is 5. The van der Waals surface area contributed by atoms with E-state index in [1.165, 1.54) is 18.3 Å². The van der Waals surface area contributed by atoms with Crippen LogP contribution < -0.4 is 0 Å². The minimum absolute atomic E-state index is 0.0201. The van der Waals surface area contributed by atoms with E-state index in [9.17, 15) is 14.4 Å². The van der Waals surface area contributed by atoms with Gasteiger partial charge in [0.05, 0.1) is 17.9 Å². The number of piperazine rings is 1. The van der Waals surface area contributed by atoms with Crippen molar-refractivity contribution in [1.29, 1.82) is 0 Å². The molecule has 2 amide bonds. The average Bonchev–Trinajstić information content (AvgIpc) is 2.96. The minimum Gasteiger partial charge on any atom is -0.450 e. The molecular weight excluding hydrogens is 304 g/mol. The third-order valence-corrected chi connectivity index (χ3v) is 4.59. The zero-order valence-electron chi connectivity index (χ0n) is 12.8. The van der Waals surface area contributed by atoms with Gasteiger partial charge in [-0.1, -0.05) is 0 Å². The zero-order chi connectivity index (χ0) is 16.1. The Kier molecular flexibility index (Phi) is 5.54. The monoisotopic (exact) mass is 324 g/mol. The second-order valence-corrected chi connectivity index (χ2v) is 6.03. The van der Waals surface area contributed by atoms with Gasteiger partial charge in [0.1, 0.15) is 0 Å². The van der Waals surface area contributed by atoms with Gasteiger partial charge in [-0.25, -0.2) is 4.79 Å². The van der Waals surface area contributed by atoms with Gasteiger partial charge in [0.25, 0.3) is 0 Å². The number of nitrogens with zero attached hydrogens (tertiary/aromatic N) is 2. The van der Waals surface area contributed by atoms with Crippen molar-refractivity contribution < 1.29 is 19.1 Å². The van der Waals surface area contributed by atoms with E-state index in [0.717, 1.165) is 5.56 Å².